The Kier molecular flexibility index (Phi) is 13.7. The Balaban J connectivity index is 0. The zero-order valence-electron chi connectivity index (χ0n) is 6.06. The summed E-state index contributed by atoms with van der Waals surface area (Å²) in [6.07, 6.45) is -0.0370. The normalized spacial score (nSPS) is 7.40. The molecule has 0 aromatic heterocycles. The van der Waals surface area contributed by atoms with Gasteiger partial charge in [0.2, 0.25) is 0 Å². The Morgan fingerprint density at radius 1 is 1.60 bits per heavy atom. The van der Waals surface area contributed by atoms with Crippen LogP contribution in [-0.2, 0) is 22.7 Å². The molecule has 0 spiro atoms. The van der Waals surface area contributed by atoms with Crippen molar-refractivity contribution in [2.45, 2.75) is 20.0 Å². The minimum Gasteiger partial charge on any atom is -0.463 e. The van der Waals surface area contributed by atoms with Crippen molar-refractivity contribution in [3.05, 3.63) is 6.92 Å². The van der Waals surface area contributed by atoms with Crippen molar-refractivity contribution in [2.24, 2.45) is 0 Å². The zero-order valence-corrected chi connectivity index (χ0v) is 12.2. The van der Waals surface area contributed by atoms with E-state index >= 15 is 0 Å². The molecule has 0 aliphatic heterocycles. The summed E-state index contributed by atoms with van der Waals surface area (Å²) in [6, 6.07) is 0. The Bertz CT molecular complexity index is 87.7. The molecule has 0 amide bonds. The number of esters is 1. The van der Waals surface area contributed by atoms with Crippen LogP contribution in [0, 0.1) is 6.92 Å². The number of hydrogen-bond acceptors (Lipinski definition) is 2. The Hall–Kier alpha value is 1.05. The minimum atomic E-state index is -0.463. The largest absolute Gasteiger partial charge is 0.463 e. The zero-order chi connectivity index (χ0) is 8.57. The molecule has 0 fully saturated rings. The first-order valence-electron chi connectivity index (χ1n) is 2.69. The molecule has 2 nitrogen and oxygen atoms in total. The van der Waals surface area contributed by atoms with Crippen molar-refractivity contribution in [2.75, 3.05) is 0 Å². The molecular formula is C5H9Br2O2Zn. The standard InChI is InChI=1S/C5H9O2.2BrH.Zn/c1-4(2)7-5(3)6;;;/h4H,3H2,1-2H3;2*1H;/q;;;+2/p-2. The Morgan fingerprint density at radius 2 is 1.90 bits per heavy atom. The topological polar surface area (TPSA) is 26.3 Å². The summed E-state index contributed by atoms with van der Waals surface area (Å²) in [7, 11) is 0. The molecule has 0 N–H and O–H groups in total. The van der Waals surface area contributed by atoms with Gasteiger partial charge in [-0.3, -0.25) is 4.79 Å². The monoisotopic (exact) mass is 323 g/mol. The third-order valence-electron chi connectivity index (χ3n) is 0.367. The molecule has 0 rings (SSSR count). The van der Waals surface area contributed by atoms with Crippen LogP contribution in [-0.4, -0.2) is 12.1 Å². The molecule has 57 valence electrons. The second kappa shape index (κ2) is 10.1. The maximum Gasteiger partial charge on any atom is 0.306 e. The molecule has 5 heteroatoms. The number of carbonyl (C=O) groups is 1. The molecule has 0 aliphatic carbocycles. The van der Waals surface area contributed by atoms with Gasteiger partial charge in [-0.1, -0.05) is 0 Å². The van der Waals surface area contributed by atoms with Gasteiger partial charge in [0, 0.05) is 0 Å². The van der Waals surface area contributed by atoms with Crippen LogP contribution in [0.2, 0.25) is 0 Å². The predicted octanol–water partition coefficient (Wildman–Crippen LogP) is 2.46. The summed E-state index contributed by atoms with van der Waals surface area (Å²) < 4.78 is 4.50. The second-order valence-corrected chi connectivity index (χ2v) is 15.7. The maximum absolute atomic E-state index is 9.92. The number of ether oxygens (including phenoxy) is 1. The van der Waals surface area contributed by atoms with Crippen LogP contribution in [0.5, 0.6) is 0 Å². The van der Waals surface area contributed by atoms with Gasteiger partial charge in [-0.2, -0.15) is 0 Å². The average Bonchev–Trinajstić information content (AvgIpc) is 1.62. The third kappa shape index (κ3) is 23.0. The van der Waals surface area contributed by atoms with E-state index in [0.29, 0.717) is 0 Å². The molecule has 10 heavy (non-hydrogen) atoms. The number of halogens is 2. The first kappa shape index (κ1) is 13.6. The SMILES string of the molecule is [Br][Zn][Br].[CH2]C(=O)OC(C)C. The van der Waals surface area contributed by atoms with Crippen LogP contribution in [0.1, 0.15) is 13.8 Å². The van der Waals surface area contributed by atoms with Crippen LogP contribution in [0.25, 0.3) is 0 Å². The van der Waals surface area contributed by atoms with Gasteiger partial charge in [-0.05, 0) is 13.8 Å². The van der Waals surface area contributed by atoms with Crippen molar-refractivity contribution in [1.29, 1.82) is 0 Å². The van der Waals surface area contributed by atoms with Gasteiger partial charge >= 0.3 is 46.4 Å². The second-order valence-electron chi connectivity index (χ2n) is 1.64. The van der Waals surface area contributed by atoms with E-state index in [9.17, 15) is 4.79 Å². The van der Waals surface area contributed by atoms with Crippen molar-refractivity contribution >= 4 is 33.2 Å². The van der Waals surface area contributed by atoms with Crippen molar-refractivity contribution in [1.82, 2.24) is 0 Å². The van der Waals surface area contributed by atoms with Crippen molar-refractivity contribution in [3.8, 4) is 0 Å². The van der Waals surface area contributed by atoms with Crippen LogP contribution in [0.15, 0.2) is 0 Å². The summed E-state index contributed by atoms with van der Waals surface area (Å²) in [5.41, 5.74) is 0. The Labute approximate surface area is 82.4 Å². The minimum absolute atomic E-state index is 0.0370. The first-order chi connectivity index (χ1) is 4.54. The van der Waals surface area contributed by atoms with E-state index < -0.39 is 5.97 Å². The van der Waals surface area contributed by atoms with E-state index in [1.165, 1.54) is 0 Å². The smallest absolute Gasteiger partial charge is 0.306 e. The van der Waals surface area contributed by atoms with Gasteiger partial charge in [-0.25, -0.2) is 0 Å². The Morgan fingerprint density at radius 3 is 1.90 bits per heavy atom. The number of hydrogen-bond donors (Lipinski definition) is 0. The van der Waals surface area contributed by atoms with Crippen LogP contribution in [0.3, 0.4) is 0 Å². The fourth-order valence-electron chi connectivity index (χ4n) is 0.263. The molecule has 0 saturated heterocycles. The molecule has 0 saturated carbocycles. The molecule has 0 atom stereocenters. The van der Waals surface area contributed by atoms with E-state index in [1.54, 1.807) is 13.8 Å². The first-order valence-corrected chi connectivity index (χ1v) is 16.6. The molecule has 0 unspecified atom stereocenters. The summed E-state index contributed by atoms with van der Waals surface area (Å²) >= 11 is 6.25. The molecule has 0 heterocycles. The van der Waals surface area contributed by atoms with Crippen molar-refractivity contribution in [3.63, 3.8) is 0 Å². The van der Waals surface area contributed by atoms with E-state index in [0.717, 1.165) is 0 Å². The van der Waals surface area contributed by atoms with Gasteiger partial charge in [0.15, 0.2) is 0 Å². The molecule has 0 aromatic rings. The van der Waals surface area contributed by atoms with Crippen LogP contribution < -0.4 is 0 Å². The third-order valence-corrected chi connectivity index (χ3v) is 0.367. The number of carbonyl (C=O) groups excluding carboxylic acids is 1. The van der Waals surface area contributed by atoms with E-state index in [4.69, 9.17) is 0 Å². The van der Waals surface area contributed by atoms with E-state index in [-0.39, 0.29) is 19.3 Å². The van der Waals surface area contributed by atoms with Crippen LogP contribution in [0.4, 0.5) is 0 Å². The fraction of sp³-hybridized carbons (Fsp3) is 0.600. The van der Waals surface area contributed by atoms with Gasteiger partial charge in [-0.15, -0.1) is 0 Å². The fourth-order valence-corrected chi connectivity index (χ4v) is 0.263. The van der Waals surface area contributed by atoms with E-state index in [1.807, 2.05) is 0 Å². The summed E-state index contributed by atoms with van der Waals surface area (Å²) in [6.45, 7) is 6.58. The average molecular weight is 326 g/mol. The van der Waals surface area contributed by atoms with E-state index in [2.05, 4.69) is 38.9 Å². The molecular weight excluding hydrogens is 317 g/mol. The van der Waals surface area contributed by atoms with Crippen LogP contribution >= 0.6 is 27.2 Å². The van der Waals surface area contributed by atoms with Crippen molar-refractivity contribution < 1.29 is 22.7 Å². The number of rotatable bonds is 1. The molecule has 1 radical (unpaired) electrons. The van der Waals surface area contributed by atoms with Gasteiger partial charge in [0.05, 0.1) is 13.0 Å². The summed E-state index contributed by atoms with van der Waals surface area (Å²) in [5.74, 6) is -0.463. The van der Waals surface area contributed by atoms with Gasteiger partial charge in [0.25, 0.3) is 0 Å². The molecule has 0 aromatic carbocycles. The quantitative estimate of drug-likeness (QED) is 0.547. The summed E-state index contributed by atoms with van der Waals surface area (Å²) in [5, 5.41) is 0. The van der Waals surface area contributed by atoms with Gasteiger partial charge < -0.3 is 4.74 Å². The molecule has 0 bridgehead atoms. The summed E-state index contributed by atoms with van der Waals surface area (Å²) in [4.78, 5) is 9.92. The van der Waals surface area contributed by atoms with Gasteiger partial charge in [0.1, 0.15) is 0 Å². The predicted molar refractivity (Wildman–Crippen MR) is 44.4 cm³/mol. The maximum atomic E-state index is 9.92. The molecule has 0 aliphatic rings.